The van der Waals surface area contributed by atoms with E-state index in [-0.39, 0.29) is 21.1 Å². The first-order chi connectivity index (χ1) is 19.1. The van der Waals surface area contributed by atoms with E-state index < -0.39 is 32.1 Å². The van der Waals surface area contributed by atoms with Gasteiger partial charge in [0.05, 0.1) is 0 Å². The van der Waals surface area contributed by atoms with E-state index in [9.17, 15) is 37.8 Å². The molecule has 0 aliphatic carbocycles. The van der Waals surface area contributed by atoms with Crippen LogP contribution in [0.5, 0.6) is 0 Å². The molecule has 0 aliphatic heterocycles. The third-order valence-corrected chi connectivity index (χ3v) is 8.50. The van der Waals surface area contributed by atoms with Gasteiger partial charge < -0.3 is 19.6 Å². The van der Waals surface area contributed by atoms with Gasteiger partial charge >= 0.3 is 53.2 Å². The van der Waals surface area contributed by atoms with Crippen LogP contribution in [0.3, 0.4) is 0 Å². The molecule has 0 fully saturated rings. The predicted octanol–water partition coefficient (Wildman–Crippen LogP) is 8.24. The summed E-state index contributed by atoms with van der Waals surface area (Å²) in [6.45, 7) is 8.59. The summed E-state index contributed by atoms with van der Waals surface area (Å²) in [5, 5.41) is 0. The van der Waals surface area contributed by atoms with E-state index in [2.05, 4.69) is 27.7 Å². The van der Waals surface area contributed by atoms with Gasteiger partial charge in [0.2, 0.25) is 0 Å². The molecule has 0 N–H and O–H groups in total. The topological polar surface area (TPSA) is 161 Å². The Morgan fingerprint density at radius 1 is 0.317 bits per heavy atom. The van der Waals surface area contributed by atoms with E-state index in [0.29, 0.717) is 24.6 Å². The maximum absolute atomic E-state index is 10.1. The molecular weight excluding hydrogens is 684 g/mol. The Morgan fingerprint density at radius 3 is 0.585 bits per heavy atom. The number of unbranched alkanes of at least 4 members (excludes halogenated alkanes) is 16. The molecule has 0 aromatic carbocycles. The van der Waals surface area contributed by atoms with Crippen LogP contribution in [0.4, 0.5) is 0 Å². The first-order valence-electron chi connectivity index (χ1n) is 15.6. The zero-order valence-corrected chi connectivity index (χ0v) is 32.0. The quantitative estimate of drug-likeness (QED) is 0.0543. The molecule has 13 heteroatoms. The van der Waals surface area contributed by atoms with Crippen LogP contribution in [0.25, 0.3) is 0 Å². The second kappa shape index (κ2) is 47.8. The molecule has 0 bridgehead atoms. The summed E-state index contributed by atoms with van der Waals surface area (Å²) in [6.07, 6.45) is 23.6. The van der Waals surface area contributed by atoms with Crippen LogP contribution in [0.2, 0.25) is 0 Å². The molecule has 0 heterocycles. The minimum atomic E-state index is -2.12. The fourth-order valence-corrected chi connectivity index (χ4v) is 5.31. The molecule has 41 heavy (non-hydrogen) atoms. The van der Waals surface area contributed by atoms with Gasteiger partial charge in [-0.1, -0.05) is 123 Å². The van der Waals surface area contributed by atoms with Crippen LogP contribution in [-0.4, -0.2) is 24.6 Å². The Kier molecular flexibility index (Phi) is 60.1. The van der Waals surface area contributed by atoms with Crippen molar-refractivity contribution >= 4 is 32.1 Å². The van der Waals surface area contributed by atoms with E-state index in [1.54, 1.807) is 0 Å². The normalized spacial score (nSPS) is 11.3. The van der Waals surface area contributed by atoms with Gasteiger partial charge in [0.25, 0.3) is 0 Å². The standard InChI is InChI=1S/4C7H15O2P.Mo/c4*1-2-3-4-5-6-7-10(8)9;/h4*2-7H2,1H3;/q;;;;+4. The van der Waals surface area contributed by atoms with Crippen molar-refractivity contribution in [3.05, 3.63) is 0 Å². The first-order valence-corrected chi connectivity index (χ1v) is 21.0. The van der Waals surface area contributed by atoms with E-state index in [0.717, 1.165) is 51.4 Å². The molecule has 0 rings (SSSR count). The summed E-state index contributed by atoms with van der Waals surface area (Å²) < 4.78 is 40.3. The van der Waals surface area contributed by atoms with Gasteiger partial charge in [0.15, 0.2) is 0 Å². The largest absolute Gasteiger partial charge is 4.00 e. The molecule has 0 saturated heterocycles. The van der Waals surface area contributed by atoms with Gasteiger partial charge in [0, 0.05) is 0 Å². The molecule has 0 radical (unpaired) electrons. The molecule has 0 aromatic heterocycles. The predicted molar refractivity (Wildman–Crippen MR) is 165 cm³/mol. The second-order valence-electron chi connectivity index (χ2n) is 9.88. The SMILES string of the molecule is CCCCCCC[P+](=O)[O-].CCCCCCC[P+](=O)[O-].CCCCCCC[P+](=O)[O-].CCCCCCC[P+](=O)[O-].[Mo+4]. The summed E-state index contributed by atoms with van der Waals surface area (Å²) in [5.41, 5.74) is 0. The zero-order valence-electron chi connectivity index (χ0n) is 26.4. The van der Waals surface area contributed by atoms with Gasteiger partial charge in [-0.2, -0.15) is 0 Å². The third kappa shape index (κ3) is 74.1. The fraction of sp³-hybridized carbons (Fsp3) is 1.00. The Morgan fingerprint density at radius 2 is 0.463 bits per heavy atom. The average Bonchev–Trinajstić information content (AvgIpc) is 2.89. The van der Waals surface area contributed by atoms with Crippen LogP contribution < -0.4 is 19.6 Å². The molecule has 0 spiro atoms. The van der Waals surface area contributed by atoms with Crippen molar-refractivity contribution in [3.63, 3.8) is 0 Å². The average molecular weight is 745 g/mol. The molecule has 8 nitrogen and oxygen atoms in total. The molecule has 0 amide bonds. The van der Waals surface area contributed by atoms with Gasteiger partial charge in [-0.15, -0.1) is 0 Å². The van der Waals surface area contributed by atoms with Crippen molar-refractivity contribution < 1.29 is 58.9 Å². The maximum Gasteiger partial charge on any atom is 4.00 e. The van der Waals surface area contributed by atoms with Gasteiger partial charge in [-0.3, -0.25) is 0 Å². The van der Waals surface area contributed by atoms with Crippen molar-refractivity contribution in [1.82, 2.24) is 0 Å². The van der Waals surface area contributed by atoms with E-state index in [1.807, 2.05) is 0 Å². The molecule has 0 aliphatic rings. The Hall–Kier alpha value is 0.928. The summed E-state index contributed by atoms with van der Waals surface area (Å²) in [6, 6.07) is 0. The summed E-state index contributed by atoms with van der Waals surface area (Å²) in [4.78, 5) is 40.3. The Labute approximate surface area is 270 Å². The van der Waals surface area contributed by atoms with Gasteiger partial charge in [0.1, 0.15) is 24.6 Å². The van der Waals surface area contributed by atoms with Crippen molar-refractivity contribution in [2.75, 3.05) is 24.6 Å². The summed E-state index contributed by atoms with van der Waals surface area (Å²) in [7, 11) is -8.49. The minimum Gasteiger partial charge on any atom is -0.596 e. The number of hydrogen-bond acceptors (Lipinski definition) is 8. The van der Waals surface area contributed by atoms with Crippen LogP contribution in [0.1, 0.15) is 156 Å². The van der Waals surface area contributed by atoms with E-state index in [4.69, 9.17) is 0 Å². The van der Waals surface area contributed by atoms with Gasteiger partial charge in [-0.25, -0.2) is 0 Å². The zero-order chi connectivity index (χ0) is 31.3. The molecule has 4 atom stereocenters. The van der Waals surface area contributed by atoms with E-state index >= 15 is 0 Å². The van der Waals surface area contributed by atoms with Crippen LogP contribution in [0, 0.1) is 0 Å². The summed E-state index contributed by atoms with van der Waals surface area (Å²) in [5.74, 6) is 0. The Bertz CT molecular complexity index is 477. The smallest absolute Gasteiger partial charge is 0.596 e. The van der Waals surface area contributed by atoms with Crippen molar-refractivity contribution in [3.8, 4) is 0 Å². The van der Waals surface area contributed by atoms with Crippen molar-refractivity contribution in [1.29, 1.82) is 0 Å². The van der Waals surface area contributed by atoms with Crippen LogP contribution >= 0.6 is 32.1 Å². The number of rotatable bonds is 24. The first kappa shape index (κ1) is 51.5. The third-order valence-electron chi connectivity index (χ3n) is 5.78. The van der Waals surface area contributed by atoms with Crippen molar-refractivity contribution in [2.24, 2.45) is 0 Å². The monoisotopic (exact) mass is 746 g/mol. The van der Waals surface area contributed by atoms with Crippen LogP contribution in [-0.2, 0) is 39.3 Å². The van der Waals surface area contributed by atoms with E-state index in [1.165, 1.54) is 77.0 Å². The molecule has 0 saturated carbocycles. The van der Waals surface area contributed by atoms with Crippen molar-refractivity contribution in [2.45, 2.75) is 156 Å². The van der Waals surface area contributed by atoms with Crippen LogP contribution in [0.15, 0.2) is 0 Å². The molecule has 4 unspecified atom stereocenters. The minimum absolute atomic E-state index is 0. The summed E-state index contributed by atoms with van der Waals surface area (Å²) >= 11 is 0. The molecule has 242 valence electrons. The maximum atomic E-state index is 10.1. The van der Waals surface area contributed by atoms with Gasteiger partial charge in [-0.05, 0) is 51.4 Å². The molecule has 0 aromatic rings. The second-order valence-corrected chi connectivity index (χ2v) is 14.3. The fourth-order valence-electron chi connectivity index (χ4n) is 3.38. The Balaban J connectivity index is -0.000000139. The number of hydrogen-bond donors (Lipinski definition) is 0. The molecular formula is C28H60MoO8P4+4.